The van der Waals surface area contributed by atoms with Crippen molar-refractivity contribution in [2.75, 3.05) is 5.75 Å². The van der Waals surface area contributed by atoms with Crippen LogP contribution in [0.4, 0.5) is 4.39 Å². The van der Waals surface area contributed by atoms with Crippen LogP contribution in [0.2, 0.25) is 0 Å². The second-order valence-corrected chi connectivity index (χ2v) is 9.74. The molecule has 1 aliphatic heterocycles. The van der Waals surface area contributed by atoms with Crippen LogP contribution < -0.4 is 5.73 Å². The summed E-state index contributed by atoms with van der Waals surface area (Å²) in [6.45, 7) is 2.00. The largest absolute Gasteiger partial charge is 0.379 e. The Morgan fingerprint density at radius 1 is 1.30 bits per heavy atom. The van der Waals surface area contributed by atoms with Crippen LogP contribution in [0.5, 0.6) is 0 Å². The molecule has 27 heavy (non-hydrogen) atoms. The summed E-state index contributed by atoms with van der Waals surface area (Å²) in [6.07, 6.45) is 7.41. The van der Waals surface area contributed by atoms with Crippen molar-refractivity contribution in [3.63, 3.8) is 0 Å². The first-order valence-electron chi connectivity index (χ1n) is 9.20. The molecule has 0 amide bonds. The summed E-state index contributed by atoms with van der Waals surface area (Å²) < 4.78 is 15.9. The molecule has 4 nitrogen and oxygen atoms in total. The van der Waals surface area contributed by atoms with Gasteiger partial charge in [-0.15, -0.1) is 0 Å². The third-order valence-electron chi connectivity index (χ3n) is 5.66. The lowest BCUT2D eigenvalue weighted by atomic mass is 9.74. The van der Waals surface area contributed by atoms with Crippen molar-refractivity contribution in [1.82, 2.24) is 9.97 Å². The van der Waals surface area contributed by atoms with Crippen LogP contribution >= 0.6 is 34.4 Å². The van der Waals surface area contributed by atoms with Gasteiger partial charge in [-0.05, 0) is 78.8 Å². The highest BCUT2D eigenvalue weighted by molar-refractivity contribution is 14.1. The molecule has 2 N–H and O–H groups in total. The van der Waals surface area contributed by atoms with Crippen molar-refractivity contribution in [1.29, 1.82) is 0 Å². The standard InChI is InChI=1S/C20H22FIN4S/c1-12-9-24-18(25-10-12)13-3-2-6-20(14(7-13)11-27-19(23)26-20)16-5-4-15(22)8-17(16)21/h4-5,8-10,13-14H,2-3,6-7,11H2,1H3,(H2,23,26)/t13-,14+,20+/m1/s1. The minimum atomic E-state index is -0.580. The third-order valence-corrected chi connectivity index (χ3v) is 7.29. The van der Waals surface area contributed by atoms with Gasteiger partial charge in [0.2, 0.25) is 0 Å². The number of rotatable bonds is 2. The molecule has 1 aromatic carbocycles. The van der Waals surface area contributed by atoms with E-state index in [4.69, 9.17) is 10.7 Å². The van der Waals surface area contributed by atoms with Crippen LogP contribution in [0, 0.1) is 22.2 Å². The minimum absolute atomic E-state index is 0.180. The molecule has 3 atom stereocenters. The van der Waals surface area contributed by atoms with Crippen molar-refractivity contribution in [2.24, 2.45) is 16.6 Å². The van der Waals surface area contributed by atoms with Gasteiger partial charge in [-0.2, -0.15) is 0 Å². The SMILES string of the molecule is Cc1cnc([C@@H]2CCC[C@]3(c4ccc(I)cc4F)N=C(N)SC[C@@H]3C2)nc1. The molecule has 142 valence electrons. The lowest BCUT2D eigenvalue weighted by molar-refractivity contribution is 0.267. The number of halogens is 2. The highest BCUT2D eigenvalue weighted by atomic mass is 127. The Kier molecular flexibility index (Phi) is 5.42. The highest BCUT2D eigenvalue weighted by Gasteiger charge is 2.47. The average molecular weight is 496 g/mol. The topological polar surface area (TPSA) is 64.2 Å². The van der Waals surface area contributed by atoms with Gasteiger partial charge in [-0.25, -0.2) is 14.4 Å². The summed E-state index contributed by atoms with van der Waals surface area (Å²) in [5, 5.41) is 0.564. The van der Waals surface area contributed by atoms with E-state index in [9.17, 15) is 4.39 Å². The van der Waals surface area contributed by atoms with Crippen LogP contribution in [0.3, 0.4) is 0 Å². The summed E-state index contributed by atoms with van der Waals surface area (Å²) in [6, 6.07) is 5.46. The summed E-state index contributed by atoms with van der Waals surface area (Å²) in [7, 11) is 0. The second kappa shape index (κ2) is 7.66. The van der Waals surface area contributed by atoms with E-state index in [2.05, 4.69) is 32.6 Å². The molecule has 1 aromatic heterocycles. The van der Waals surface area contributed by atoms with E-state index < -0.39 is 5.54 Å². The normalized spacial score (nSPS) is 28.2. The average Bonchev–Trinajstić information content (AvgIpc) is 2.82. The molecule has 4 rings (SSSR count). The maximum atomic E-state index is 15.0. The molecule has 2 heterocycles. The smallest absolute Gasteiger partial charge is 0.154 e. The number of nitrogens with zero attached hydrogens (tertiary/aromatic N) is 3. The quantitative estimate of drug-likeness (QED) is 0.610. The maximum absolute atomic E-state index is 15.0. The first-order valence-corrected chi connectivity index (χ1v) is 11.3. The Morgan fingerprint density at radius 2 is 2.07 bits per heavy atom. The number of thioether (sulfide) groups is 1. The number of nitrogens with two attached hydrogens (primary N) is 1. The van der Waals surface area contributed by atoms with Gasteiger partial charge in [0.1, 0.15) is 11.6 Å². The zero-order valence-corrected chi connectivity index (χ0v) is 18.1. The Balaban J connectivity index is 1.74. The molecule has 7 heteroatoms. The zero-order chi connectivity index (χ0) is 19.0. The summed E-state index contributed by atoms with van der Waals surface area (Å²) in [5.41, 5.74) is 7.29. The molecule has 0 unspecified atom stereocenters. The van der Waals surface area contributed by atoms with Gasteiger partial charge < -0.3 is 5.73 Å². The summed E-state index contributed by atoms with van der Waals surface area (Å²) in [4.78, 5) is 14.0. The van der Waals surface area contributed by atoms with Crippen LogP contribution in [-0.4, -0.2) is 20.9 Å². The van der Waals surface area contributed by atoms with Gasteiger partial charge in [0.05, 0.1) is 5.54 Å². The molecule has 1 saturated carbocycles. The van der Waals surface area contributed by atoms with Gasteiger partial charge in [0.15, 0.2) is 5.17 Å². The van der Waals surface area contributed by atoms with Crippen molar-refractivity contribution < 1.29 is 4.39 Å². The van der Waals surface area contributed by atoms with Crippen molar-refractivity contribution in [2.45, 2.75) is 44.1 Å². The van der Waals surface area contributed by atoms with E-state index in [1.807, 2.05) is 31.5 Å². The number of hydrogen-bond donors (Lipinski definition) is 1. The summed E-state index contributed by atoms with van der Waals surface area (Å²) >= 11 is 3.72. The molecule has 0 spiro atoms. The van der Waals surface area contributed by atoms with E-state index in [1.54, 1.807) is 17.8 Å². The molecule has 0 saturated heterocycles. The first-order chi connectivity index (χ1) is 13.0. The maximum Gasteiger partial charge on any atom is 0.154 e. The lowest BCUT2D eigenvalue weighted by Crippen LogP contribution is -2.40. The van der Waals surface area contributed by atoms with E-state index in [-0.39, 0.29) is 17.7 Å². The Bertz CT molecular complexity index is 873. The first kappa shape index (κ1) is 19.1. The molecule has 0 bridgehead atoms. The van der Waals surface area contributed by atoms with E-state index in [0.717, 1.165) is 46.4 Å². The lowest BCUT2D eigenvalue weighted by Gasteiger charge is -2.40. The number of aromatic nitrogens is 2. The van der Waals surface area contributed by atoms with Crippen LogP contribution in [0.25, 0.3) is 0 Å². The van der Waals surface area contributed by atoms with Gasteiger partial charge in [0.25, 0.3) is 0 Å². The van der Waals surface area contributed by atoms with E-state index in [1.165, 1.54) is 0 Å². The Morgan fingerprint density at radius 3 is 2.81 bits per heavy atom. The number of benzene rings is 1. The number of fused-ring (bicyclic) bond motifs is 1. The molecular weight excluding hydrogens is 474 g/mol. The van der Waals surface area contributed by atoms with Crippen molar-refractivity contribution in [3.8, 4) is 0 Å². The summed E-state index contributed by atoms with van der Waals surface area (Å²) in [5.74, 6) is 2.05. The third kappa shape index (κ3) is 3.72. The van der Waals surface area contributed by atoms with Crippen LogP contribution in [-0.2, 0) is 5.54 Å². The molecular formula is C20H22FIN4S. The predicted octanol–water partition coefficient (Wildman–Crippen LogP) is 4.76. The fourth-order valence-corrected chi connectivity index (χ4v) is 5.81. The van der Waals surface area contributed by atoms with Gasteiger partial charge in [-0.3, -0.25) is 4.99 Å². The van der Waals surface area contributed by atoms with Crippen molar-refractivity contribution in [3.05, 3.63) is 56.9 Å². The fourth-order valence-electron chi connectivity index (χ4n) is 4.35. The van der Waals surface area contributed by atoms with Crippen molar-refractivity contribution >= 4 is 39.5 Å². The van der Waals surface area contributed by atoms with E-state index >= 15 is 0 Å². The molecule has 1 fully saturated rings. The number of aryl methyl sites for hydroxylation is 1. The Hall–Kier alpha value is -1.22. The fraction of sp³-hybridized carbons (Fsp3) is 0.450. The number of hydrogen-bond acceptors (Lipinski definition) is 5. The molecule has 1 aliphatic carbocycles. The van der Waals surface area contributed by atoms with Gasteiger partial charge in [0, 0.05) is 33.2 Å². The Labute approximate surface area is 176 Å². The number of aliphatic imine (C=N–C) groups is 1. The molecule has 2 aromatic rings. The second-order valence-electron chi connectivity index (χ2n) is 7.45. The van der Waals surface area contributed by atoms with Gasteiger partial charge >= 0.3 is 0 Å². The zero-order valence-electron chi connectivity index (χ0n) is 15.2. The van der Waals surface area contributed by atoms with Crippen LogP contribution in [0.1, 0.15) is 48.6 Å². The minimum Gasteiger partial charge on any atom is -0.379 e. The van der Waals surface area contributed by atoms with E-state index in [0.29, 0.717) is 10.7 Å². The molecule has 2 aliphatic rings. The monoisotopic (exact) mass is 496 g/mol. The predicted molar refractivity (Wildman–Crippen MR) is 116 cm³/mol. The molecule has 0 radical (unpaired) electrons. The number of amidine groups is 1. The van der Waals surface area contributed by atoms with Gasteiger partial charge in [-0.1, -0.05) is 17.8 Å². The van der Waals surface area contributed by atoms with Crippen LogP contribution in [0.15, 0.2) is 35.6 Å². The highest BCUT2D eigenvalue weighted by Crippen LogP contribution is 2.51.